The van der Waals surface area contributed by atoms with E-state index in [-0.39, 0.29) is 13.2 Å². The summed E-state index contributed by atoms with van der Waals surface area (Å²) < 4.78 is 21.2. The van der Waals surface area contributed by atoms with Crippen LogP contribution in [0.2, 0.25) is 0 Å². The molecule has 0 aliphatic carbocycles. The third-order valence-corrected chi connectivity index (χ3v) is 3.43. The van der Waals surface area contributed by atoms with E-state index in [1.165, 1.54) is 12.8 Å². The van der Waals surface area contributed by atoms with E-state index in [2.05, 4.69) is 27.7 Å². The number of aliphatic hydroxyl groups excluding tert-OH is 2. The van der Waals surface area contributed by atoms with Gasteiger partial charge >= 0.3 is 0 Å². The monoisotopic (exact) mass is 398 g/mol. The lowest BCUT2D eigenvalue weighted by molar-refractivity contribution is 0.0901. The van der Waals surface area contributed by atoms with Crippen LogP contribution >= 0.6 is 0 Å². The highest BCUT2D eigenvalue weighted by Gasteiger charge is 2.01. The van der Waals surface area contributed by atoms with E-state index in [4.69, 9.17) is 28.5 Å². The van der Waals surface area contributed by atoms with Crippen LogP contribution in [0, 0.1) is 0 Å². The van der Waals surface area contributed by atoms with E-state index in [0.717, 1.165) is 37.6 Å². The van der Waals surface area contributed by atoms with Crippen molar-refractivity contribution >= 4 is 0 Å². The molecule has 6 nitrogen and oxygen atoms in total. The van der Waals surface area contributed by atoms with Gasteiger partial charge in [-0.1, -0.05) is 40.5 Å². The van der Waals surface area contributed by atoms with Gasteiger partial charge in [0.05, 0.1) is 0 Å². The van der Waals surface area contributed by atoms with Gasteiger partial charge in [-0.25, -0.2) is 0 Å². The largest absolute Gasteiger partial charge is 0.461 e. The van der Waals surface area contributed by atoms with Crippen molar-refractivity contribution in [1.82, 2.24) is 0 Å². The number of hydrogen-bond acceptors (Lipinski definition) is 6. The van der Waals surface area contributed by atoms with Crippen LogP contribution in [0.1, 0.15) is 76.4 Å². The van der Waals surface area contributed by atoms with Gasteiger partial charge in [-0.2, -0.15) is 0 Å². The standard InChI is InChI=1S/C12H20O3.C6H8O3.C4H10/c1-3-7-13-9-11-5-6-12(15-11)10-14-8-4-2;7-3-5-1-2-6(4-8)9-5;1-3-4-2/h5-6H,3-4,7-10H2,1-2H3;1-2,7-8H,3-4H2;3-4H2,1-2H3. The second-order valence-corrected chi connectivity index (χ2v) is 6.16. The van der Waals surface area contributed by atoms with Gasteiger partial charge in [0.2, 0.25) is 0 Å². The molecule has 162 valence electrons. The number of aliphatic hydroxyl groups is 2. The zero-order chi connectivity index (χ0) is 21.0. The summed E-state index contributed by atoms with van der Waals surface area (Å²) in [5.41, 5.74) is 0. The Kier molecular flexibility index (Phi) is 17.7. The molecule has 2 N–H and O–H groups in total. The van der Waals surface area contributed by atoms with Gasteiger partial charge < -0.3 is 28.5 Å². The molecule has 0 spiro atoms. The Morgan fingerprint density at radius 3 is 1.25 bits per heavy atom. The van der Waals surface area contributed by atoms with E-state index in [9.17, 15) is 0 Å². The summed E-state index contributed by atoms with van der Waals surface area (Å²) in [5.74, 6) is 2.72. The second-order valence-electron chi connectivity index (χ2n) is 6.16. The minimum absolute atomic E-state index is 0.111. The van der Waals surface area contributed by atoms with E-state index < -0.39 is 0 Å². The SMILES string of the molecule is CCCC.CCCOCc1ccc(COCCC)o1.OCc1ccc(CO)o1. The Labute approximate surface area is 169 Å². The Bertz CT molecular complexity index is 516. The van der Waals surface area contributed by atoms with Crippen molar-refractivity contribution in [2.24, 2.45) is 0 Å². The summed E-state index contributed by atoms with van der Waals surface area (Å²) in [6.45, 7) is 11.0. The molecule has 0 unspecified atom stereocenters. The van der Waals surface area contributed by atoms with Crippen molar-refractivity contribution in [3.8, 4) is 0 Å². The highest BCUT2D eigenvalue weighted by atomic mass is 16.5. The first-order chi connectivity index (χ1) is 13.6. The molecule has 28 heavy (non-hydrogen) atoms. The minimum Gasteiger partial charge on any atom is -0.461 e. The van der Waals surface area contributed by atoms with Crippen LogP contribution in [-0.2, 0) is 35.9 Å². The topological polar surface area (TPSA) is 85.2 Å². The maximum Gasteiger partial charge on any atom is 0.129 e. The van der Waals surface area contributed by atoms with E-state index in [1.807, 2.05) is 12.1 Å². The van der Waals surface area contributed by atoms with E-state index >= 15 is 0 Å². The predicted molar refractivity (Wildman–Crippen MR) is 110 cm³/mol. The molecule has 2 aromatic heterocycles. The van der Waals surface area contributed by atoms with Crippen molar-refractivity contribution in [2.45, 2.75) is 79.8 Å². The van der Waals surface area contributed by atoms with Crippen molar-refractivity contribution in [3.05, 3.63) is 47.3 Å². The molecule has 0 saturated carbocycles. The Balaban J connectivity index is 0.000000473. The molecule has 0 atom stereocenters. The van der Waals surface area contributed by atoms with E-state index in [1.54, 1.807) is 12.1 Å². The number of ether oxygens (including phenoxy) is 2. The zero-order valence-electron chi connectivity index (χ0n) is 17.9. The first-order valence-corrected chi connectivity index (χ1v) is 10.2. The Morgan fingerprint density at radius 1 is 0.607 bits per heavy atom. The molecule has 0 bridgehead atoms. The van der Waals surface area contributed by atoms with Crippen LogP contribution in [0.4, 0.5) is 0 Å². The summed E-state index contributed by atoms with van der Waals surface area (Å²) >= 11 is 0. The summed E-state index contributed by atoms with van der Waals surface area (Å²) in [6, 6.07) is 7.15. The second kappa shape index (κ2) is 18.7. The number of furan rings is 2. The van der Waals surface area contributed by atoms with Gasteiger partial charge in [-0.05, 0) is 37.1 Å². The van der Waals surface area contributed by atoms with Crippen LogP contribution in [0.5, 0.6) is 0 Å². The van der Waals surface area contributed by atoms with Crippen molar-refractivity contribution in [3.63, 3.8) is 0 Å². The average Bonchev–Trinajstić information content (AvgIpc) is 3.38. The van der Waals surface area contributed by atoms with E-state index in [0.29, 0.717) is 24.7 Å². The van der Waals surface area contributed by atoms with Crippen LogP contribution in [0.3, 0.4) is 0 Å². The smallest absolute Gasteiger partial charge is 0.129 e. The summed E-state index contributed by atoms with van der Waals surface area (Å²) in [4.78, 5) is 0. The van der Waals surface area contributed by atoms with Crippen LogP contribution < -0.4 is 0 Å². The minimum atomic E-state index is -0.111. The lowest BCUT2D eigenvalue weighted by Gasteiger charge is -2.00. The van der Waals surface area contributed by atoms with Crippen LogP contribution in [0.15, 0.2) is 33.1 Å². The molecule has 2 rings (SSSR count). The maximum absolute atomic E-state index is 8.47. The molecule has 0 amide bonds. The third-order valence-electron chi connectivity index (χ3n) is 3.43. The molecule has 0 aliphatic rings. The van der Waals surface area contributed by atoms with Gasteiger partial charge in [0.25, 0.3) is 0 Å². The quantitative estimate of drug-likeness (QED) is 0.506. The molecule has 0 fully saturated rings. The normalized spacial score (nSPS) is 10.1. The predicted octanol–water partition coefficient (Wildman–Crippen LogP) is 5.20. The molecule has 0 aromatic carbocycles. The van der Waals surface area contributed by atoms with Crippen LogP contribution in [0.25, 0.3) is 0 Å². The number of hydrogen-bond donors (Lipinski definition) is 2. The molecular formula is C22H38O6. The number of rotatable bonds is 11. The molecule has 0 aliphatic heterocycles. The maximum atomic E-state index is 8.47. The lowest BCUT2D eigenvalue weighted by atomic mass is 10.4. The fraction of sp³-hybridized carbons (Fsp3) is 0.636. The van der Waals surface area contributed by atoms with Crippen molar-refractivity contribution in [1.29, 1.82) is 0 Å². The summed E-state index contributed by atoms with van der Waals surface area (Å²) in [5, 5.41) is 16.9. The first kappa shape index (κ1) is 26.4. The average molecular weight is 399 g/mol. The lowest BCUT2D eigenvalue weighted by Crippen LogP contribution is -1.93. The van der Waals surface area contributed by atoms with Crippen molar-refractivity contribution < 1.29 is 28.5 Å². The molecular weight excluding hydrogens is 360 g/mol. The first-order valence-electron chi connectivity index (χ1n) is 10.2. The fourth-order valence-electron chi connectivity index (χ4n) is 1.80. The van der Waals surface area contributed by atoms with Gasteiger partial charge in [-0.3, -0.25) is 0 Å². The van der Waals surface area contributed by atoms with Gasteiger partial charge in [0.1, 0.15) is 49.5 Å². The van der Waals surface area contributed by atoms with Crippen molar-refractivity contribution in [2.75, 3.05) is 13.2 Å². The molecule has 6 heteroatoms. The number of unbranched alkanes of at least 4 members (excludes halogenated alkanes) is 1. The van der Waals surface area contributed by atoms with Gasteiger partial charge in [0.15, 0.2) is 0 Å². The Morgan fingerprint density at radius 2 is 0.964 bits per heavy atom. The third kappa shape index (κ3) is 13.6. The summed E-state index contributed by atoms with van der Waals surface area (Å²) in [6.07, 6.45) is 4.71. The molecule has 2 aromatic rings. The summed E-state index contributed by atoms with van der Waals surface area (Å²) in [7, 11) is 0. The molecule has 0 radical (unpaired) electrons. The Hall–Kier alpha value is -1.60. The fourth-order valence-corrected chi connectivity index (χ4v) is 1.80. The zero-order valence-corrected chi connectivity index (χ0v) is 17.9. The van der Waals surface area contributed by atoms with Gasteiger partial charge in [-0.15, -0.1) is 0 Å². The van der Waals surface area contributed by atoms with Crippen LogP contribution in [-0.4, -0.2) is 23.4 Å². The van der Waals surface area contributed by atoms with Gasteiger partial charge in [0, 0.05) is 13.2 Å². The molecule has 2 heterocycles. The molecule has 0 saturated heterocycles. The highest BCUT2D eigenvalue weighted by molar-refractivity contribution is 5.05. The highest BCUT2D eigenvalue weighted by Crippen LogP contribution is 2.10.